The first kappa shape index (κ1) is 26.7. The summed E-state index contributed by atoms with van der Waals surface area (Å²) in [6, 6.07) is 5.68. The van der Waals surface area contributed by atoms with Crippen LogP contribution in [0.25, 0.3) is 0 Å². The lowest BCUT2D eigenvalue weighted by molar-refractivity contribution is -0.122. The summed E-state index contributed by atoms with van der Waals surface area (Å²) in [4.78, 5) is 32.2. The summed E-state index contributed by atoms with van der Waals surface area (Å²) in [5.74, 6) is 2.16. The molecule has 0 radical (unpaired) electrons. The number of nitrogens with zero attached hydrogens (tertiary/aromatic N) is 3. The number of carbonyl (C=O) groups excluding carboxylic acids is 2. The third kappa shape index (κ3) is 8.69. The fraction of sp³-hybridized carbons (Fsp3) is 0.593. The van der Waals surface area contributed by atoms with Gasteiger partial charge in [0.1, 0.15) is 11.6 Å². The molecule has 0 aliphatic carbocycles. The molecule has 0 spiro atoms. The second-order valence-corrected chi connectivity index (χ2v) is 9.71. The Morgan fingerprint density at radius 3 is 2.83 bits per heavy atom. The van der Waals surface area contributed by atoms with Gasteiger partial charge in [-0.3, -0.25) is 14.5 Å². The van der Waals surface area contributed by atoms with E-state index in [2.05, 4.69) is 38.9 Å². The number of hydrogen-bond acceptors (Lipinski definition) is 5. The number of benzene rings is 1. The molecule has 3 rings (SSSR count). The van der Waals surface area contributed by atoms with Crippen molar-refractivity contribution in [2.24, 2.45) is 5.92 Å². The van der Waals surface area contributed by atoms with Crippen LogP contribution in [0.2, 0.25) is 0 Å². The highest BCUT2D eigenvalue weighted by Crippen LogP contribution is 2.25. The van der Waals surface area contributed by atoms with Crippen molar-refractivity contribution in [1.82, 2.24) is 25.1 Å². The van der Waals surface area contributed by atoms with Gasteiger partial charge in [-0.1, -0.05) is 19.9 Å². The Balaban J connectivity index is 1.75. The molecule has 2 amide bonds. The van der Waals surface area contributed by atoms with Crippen LogP contribution in [-0.2, 0) is 17.9 Å². The third-order valence-electron chi connectivity index (χ3n) is 6.34. The molecule has 192 valence electrons. The van der Waals surface area contributed by atoms with Gasteiger partial charge in [0.2, 0.25) is 5.91 Å². The van der Waals surface area contributed by atoms with E-state index in [1.165, 1.54) is 0 Å². The van der Waals surface area contributed by atoms with E-state index in [0.29, 0.717) is 44.3 Å². The highest BCUT2D eigenvalue weighted by atomic mass is 16.5. The van der Waals surface area contributed by atoms with Crippen molar-refractivity contribution in [3.8, 4) is 5.75 Å². The summed E-state index contributed by atoms with van der Waals surface area (Å²) in [7, 11) is 0. The number of amides is 2. The molecule has 8 nitrogen and oxygen atoms in total. The van der Waals surface area contributed by atoms with Gasteiger partial charge in [-0.2, -0.15) is 0 Å². The van der Waals surface area contributed by atoms with Crippen molar-refractivity contribution >= 4 is 11.8 Å². The van der Waals surface area contributed by atoms with Gasteiger partial charge in [0, 0.05) is 49.7 Å². The van der Waals surface area contributed by atoms with Crippen LogP contribution < -0.4 is 15.4 Å². The average molecular weight is 484 g/mol. The van der Waals surface area contributed by atoms with E-state index >= 15 is 0 Å². The van der Waals surface area contributed by atoms with Crippen molar-refractivity contribution in [3.05, 3.63) is 47.5 Å². The molecule has 0 atom stereocenters. The number of fused-ring (bicyclic) bond motifs is 1. The maximum absolute atomic E-state index is 13.2. The van der Waals surface area contributed by atoms with E-state index in [-0.39, 0.29) is 11.8 Å². The van der Waals surface area contributed by atoms with Crippen molar-refractivity contribution in [2.45, 2.75) is 66.0 Å². The summed E-state index contributed by atoms with van der Waals surface area (Å²) < 4.78 is 8.24. The van der Waals surface area contributed by atoms with Crippen LogP contribution in [0.5, 0.6) is 5.75 Å². The molecule has 2 heterocycles. The minimum absolute atomic E-state index is 0.0344. The van der Waals surface area contributed by atoms with Crippen LogP contribution in [0.15, 0.2) is 30.6 Å². The number of aryl methyl sites for hydroxylation is 2. The topological polar surface area (TPSA) is 88.5 Å². The fourth-order valence-corrected chi connectivity index (χ4v) is 4.21. The van der Waals surface area contributed by atoms with Crippen LogP contribution in [0.4, 0.5) is 0 Å². The lowest BCUT2D eigenvalue weighted by atomic mass is 10.0. The van der Waals surface area contributed by atoms with Gasteiger partial charge < -0.3 is 19.9 Å². The van der Waals surface area contributed by atoms with Crippen LogP contribution in [0.3, 0.4) is 0 Å². The minimum Gasteiger partial charge on any atom is -0.493 e. The largest absolute Gasteiger partial charge is 0.493 e. The molecule has 1 aromatic carbocycles. The molecule has 2 aromatic rings. The monoisotopic (exact) mass is 483 g/mol. The van der Waals surface area contributed by atoms with Gasteiger partial charge in [-0.15, -0.1) is 0 Å². The van der Waals surface area contributed by atoms with Gasteiger partial charge in [0.25, 0.3) is 5.91 Å². The number of nitrogens with one attached hydrogen (secondary N) is 2. The Hall–Kier alpha value is -2.87. The van der Waals surface area contributed by atoms with Crippen LogP contribution in [-0.4, -0.2) is 59.1 Å². The number of imidazole rings is 1. The van der Waals surface area contributed by atoms with Gasteiger partial charge in [0.15, 0.2) is 0 Å². The van der Waals surface area contributed by atoms with Crippen molar-refractivity contribution < 1.29 is 14.3 Å². The SMILES string of the molecule is Cc1nccn1CCCNC(=O)c1cccc2c1CN(CCC(C)C)CC(=O)NCCCCCO2. The van der Waals surface area contributed by atoms with E-state index in [4.69, 9.17) is 4.74 Å². The zero-order valence-corrected chi connectivity index (χ0v) is 21.5. The van der Waals surface area contributed by atoms with Crippen molar-refractivity contribution in [2.75, 3.05) is 32.8 Å². The highest BCUT2D eigenvalue weighted by Gasteiger charge is 2.21. The molecular formula is C27H41N5O3. The number of hydrogen-bond donors (Lipinski definition) is 2. The second-order valence-electron chi connectivity index (χ2n) is 9.71. The summed E-state index contributed by atoms with van der Waals surface area (Å²) in [6.07, 6.45) is 8.38. The molecule has 1 aromatic heterocycles. The molecule has 0 saturated carbocycles. The van der Waals surface area contributed by atoms with E-state index in [9.17, 15) is 9.59 Å². The van der Waals surface area contributed by atoms with Gasteiger partial charge in [-0.25, -0.2) is 4.98 Å². The fourth-order valence-electron chi connectivity index (χ4n) is 4.21. The first-order valence-corrected chi connectivity index (χ1v) is 12.9. The number of ether oxygens (including phenoxy) is 1. The maximum atomic E-state index is 13.2. The van der Waals surface area contributed by atoms with Gasteiger partial charge >= 0.3 is 0 Å². The van der Waals surface area contributed by atoms with Gasteiger partial charge in [0.05, 0.1) is 13.2 Å². The molecular weight excluding hydrogens is 442 g/mol. The third-order valence-corrected chi connectivity index (χ3v) is 6.34. The number of aromatic nitrogens is 2. The Kier molecular flexibility index (Phi) is 10.6. The first-order chi connectivity index (χ1) is 16.9. The van der Waals surface area contributed by atoms with Crippen molar-refractivity contribution in [3.63, 3.8) is 0 Å². The molecule has 0 unspecified atom stereocenters. The maximum Gasteiger partial charge on any atom is 0.251 e. The normalized spacial score (nSPS) is 15.8. The van der Waals surface area contributed by atoms with Crippen LogP contribution in [0.1, 0.15) is 67.7 Å². The van der Waals surface area contributed by atoms with E-state index in [1.807, 2.05) is 31.3 Å². The molecule has 1 aliphatic rings. The molecule has 0 bridgehead atoms. The number of carbonyl (C=O) groups is 2. The van der Waals surface area contributed by atoms with E-state index < -0.39 is 0 Å². The predicted molar refractivity (Wildman–Crippen MR) is 137 cm³/mol. The Labute approximate surface area is 209 Å². The quantitative estimate of drug-likeness (QED) is 0.561. The van der Waals surface area contributed by atoms with Crippen molar-refractivity contribution in [1.29, 1.82) is 0 Å². The molecule has 1 aliphatic heterocycles. The van der Waals surface area contributed by atoms with E-state index in [0.717, 1.165) is 62.3 Å². The summed E-state index contributed by atoms with van der Waals surface area (Å²) in [5.41, 5.74) is 1.47. The van der Waals surface area contributed by atoms with Crippen LogP contribution in [0, 0.1) is 12.8 Å². The molecule has 0 fully saturated rings. The lowest BCUT2D eigenvalue weighted by Gasteiger charge is -2.25. The second kappa shape index (κ2) is 13.9. The zero-order chi connectivity index (χ0) is 25.0. The standard InChI is InChI=1S/C27H41N5O3/c1-21(2)11-16-31-19-24-23(27(34)30-13-8-15-32-17-14-28-22(32)3)9-7-10-25(24)35-18-6-4-5-12-29-26(33)20-31/h7,9-10,14,17,21H,4-6,8,11-13,15-16,18-20H2,1-3H3,(H,29,33)(H,30,34). The molecule has 2 N–H and O–H groups in total. The predicted octanol–water partition coefficient (Wildman–Crippen LogP) is 3.54. The molecule has 35 heavy (non-hydrogen) atoms. The minimum atomic E-state index is -0.106. The highest BCUT2D eigenvalue weighted by molar-refractivity contribution is 5.96. The Morgan fingerprint density at radius 1 is 1.20 bits per heavy atom. The Bertz CT molecular complexity index is 956. The van der Waals surface area contributed by atoms with Crippen LogP contribution >= 0.6 is 0 Å². The summed E-state index contributed by atoms with van der Waals surface area (Å²) >= 11 is 0. The number of rotatable bonds is 8. The first-order valence-electron chi connectivity index (χ1n) is 12.9. The molecule has 0 saturated heterocycles. The molecule has 8 heteroatoms. The Morgan fingerprint density at radius 2 is 2.06 bits per heavy atom. The summed E-state index contributed by atoms with van der Waals surface area (Å²) in [5, 5.41) is 6.12. The smallest absolute Gasteiger partial charge is 0.251 e. The van der Waals surface area contributed by atoms with Gasteiger partial charge in [-0.05, 0) is 63.6 Å². The zero-order valence-electron chi connectivity index (χ0n) is 21.5. The summed E-state index contributed by atoms with van der Waals surface area (Å²) in [6.45, 7) is 10.6. The average Bonchev–Trinajstić information content (AvgIpc) is 3.24. The van der Waals surface area contributed by atoms with E-state index in [1.54, 1.807) is 6.20 Å². The lowest BCUT2D eigenvalue weighted by Crippen LogP contribution is -2.38.